The lowest BCUT2D eigenvalue weighted by Gasteiger charge is -2.27. The van der Waals surface area contributed by atoms with Gasteiger partial charge in [0.2, 0.25) is 17.7 Å². The fraction of sp³-hybridized carbons (Fsp3) is 0.684. The number of hydrogen-bond donors (Lipinski definition) is 1. The van der Waals surface area contributed by atoms with Crippen molar-refractivity contribution >= 4 is 11.8 Å². The molecule has 0 aromatic carbocycles. The van der Waals surface area contributed by atoms with Crippen LogP contribution in [0.25, 0.3) is 0 Å². The maximum absolute atomic E-state index is 5.66. The van der Waals surface area contributed by atoms with Crippen LogP contribution in [-0.4, -0.2) is 39.3 Å². The minimum atomic E-state index is 0.456. The highest BCUT2D eigenvalue weighted by molar-refractivity contribution is 5.42. The molecule has 1 saturated heterocycles. The lowest BCUT2D eigenvalue weighted by molar-refractivity contribution is 0.409. The van der Waals surface area contributed by atoms with Crippen molar-refractivity contribution in [2.75, 3.05) is 23.3 Å². The van der Waals surface area contributed by atoms with E-state index >= 15 is 0 Å². The van der Waals surface area contributed by atoms with E-state index < -0.39 is 0 Å². The Morgan fingerprint density at radius 2 is 2.00 bits per heavy atom. The van der Waals surface area contributed by atoms with Crippen molar-refractivity contribution in [3.63, 3.8) is 0 Å². The van der Waals surface area contributed by atoms with Crippen molar-refractivity contribution in [3.05, 3.63) is 24.0 Å². The Bertz CT molecular complexity index is 712. The highest BCUT2D eigenvalue weighted by Crippen LogP contribution is 2.30. The van der Waals surface area contributed by atoms with E-state index in [2.05, 4.69) is 25.4 Å². The Balaban J connectivity index is 1.32. The summed E-state index contributed by atoms with van der Waals surface area (Å²) in [7, 11) is 0. The van der Waals surface area contributed by atoms with E-state index in [1.165, 1.54) is 25.7 Å². The van der Waals surface area contributed by atoms with Crippen molar-refractivity contribution in [1.29, 1.82) is 0 Å². The van der Waals surface area contributed by atoms with E-state index in [9.17, 15) is 0 Å². The smallest absolute Gasteiger partial charge is 0.227 e. The number of nitrogens with zero attached hydrogens (tertiary/aromatic N) is 5. The summed E-state index contributed by atoms with van der Waals surface area (Å²) in [4.78, 5) is 11.5. The van der Waals surface area contributed by atoms with Crippen LogP contribution >= 0.6 is 0 Å². The van der Waals surface area contributed by atoms with Gasteiger partial charge >= 0.3 is 0 Å². The number of nitrogens with one attached hydrogen (secondary N) is 1. The third-order valence-corrected chi connectivity index (χ3v) is 5.45. The van der Waals surface area contributed by atoms with Crippen LogP contribution in [0.1, 0.15) is 57.2 Å². The quantitative estimate of drug-likeness (QED) is 0.851. The first-order valence-corrected chi connectivity index (χ1v) is 9.96. The molecule has 0 unspecified atom stereocenters. The molecular formula is C19H28N6O. The molecule has 0 radical (unpaired) electrons. The van der Waals surface area contributed by atoms with Crippen molar-refractivity contribution < 1.29 is 4.42 Å². The maximum atomic E-state index is 5.66. The van der Waals surface area contributed by atoms with Gasteiger partial charge in [-0.05, 0) is 50.5 Å². The molecule has 2 atom stereocenters. The summed E-state index contributed by atoms with van der Waals surface area (Å²) < 4.78 is 5.66. The predicted octanol–water partition coefficient (Wildman–Crippen LogP) is 3.24. The molecule has 3 heterocycles. The Hall–Kier alpha value is -2.18. The fourth-order valence-corrected chi connectivity index (χ4v) is 4.04. The molecule has 7 heteroatoms. The molecule has 0 spiro atoms. The summed E-state index contributed by atoms with van der Waals surface area (Å²) in [6.07, 6.45) is 10.8. The van der Waals surface area contributed by atoms with Gasteiger partial charge in [-0.1, -0.05) is 6.92 Å². The molecule has 26 heavy (non-hydrogen) atoms. The van der Waals surface area contributed by atoms with Gasteiger partial charge in [0.1, 0.15) is 5.82 Å². The molecule has 1 saturated carbocycles. The van der Waals surface area contributed by atoms with E-state index in [1.54, 1.807) is 0 Å². The zero-order chi connectivity index (χ0) is 17.8. The Labute approximate surface area is 154 Å². The van der Waals surface area contributed by atoms with Crippen LogP contribution in [0.2, 0.25) is 0 Å². The van der Waals surface area contributed by atoms with E-state index in [0.717, 1.165) is 62.3 Å². The van der Waals surface area contributed by atoms with Gasteiger partial charge < -0.3 is 14.6 Å². The second kappa shape index (κ2) is 8.01. The number of aromatic nitrogens is 4. The molecule has 0 amide bonds. The fourth-order valence-electron chi connectivity index (χ4n) is 4.04. The largest absolute Gasteiger partial charge is 0.425 e. The van der Waals surface area contributed by atoms with Crippen molar-refractivity contribution in [2.45, 2.75) is 64.3 Å². The topological polar surface area (TPSA) is 80.0 Å². The lowest BCUT2D eigenvalue weighted by Crippen LogP contribution is -2.31. The van der Waals surface area contributed by atoms with Crippen LogP contribution in [-0.2, 0) is 12.8 Å². The summed E-state index contributed by atoms with van der Waals surface area (Å²) in [5.41, 5.74) is 0. The van der Waals surface area contributed by atoms with Gasteiger partial charge in [-0.15, -0.1) is 10.2 Å². The van der Waals surface area contributed by atoms with Crippen LogP contribution in [0.3, 0.4) is 0 Å². The van der Waals surface area contributed by atoms with Crippen molar-refractivity contribution in [3.8, 4) is 0 Å². The molecule has 1 aliphatic heterocycles. The highest BCUT2D eigenvalue weighted by Gasteiger charge is 2.27. The van der Waals surface area contributed by atoms with Gasteiger partial charge in [0, 0.05) is 38.2 Å². The molecule has 7 nitrogen and oxygen atoms in total. The lowest BCUT2D eigenvalue weighted by atomic mass is 10.0. The standard InChI is InChI=1S/C19H28N6O/c1-2-17-23-24-18(26-17)13-14-6-7-15(12-14)21-16-8-9-20-19(22-16)25-10-4-3-5-11-25/h8-9,14-15H,2-7,10-13H2,1H3,(H,20,21,22)/t14-,15+/m1/s1. The average Bonchev–Trinajstić information content (AvgIpc) is 3.32. The van der Waals surface area contributed by atoms with Gasteiger partial charge in [0.15, 0.2) is 0 Å². The maximum Gasteiger partial charge on any atom is 0.227 e. The van der Waals surface area contributed by atoms with Crippen LogP contribution in [0.4, 0.5) is 11.8 Å². The number of piperidine rings is 1. The minimum Gasteiger partial charge on any atom is -0.425 e. The molecule has 2 aromatic heterocycles. The third-order valence-electron chi connectivity index (χ3n) is 5.45. The second-order valence-electron chi connectivity index (χ2n) is 7.46. The number of rotatable bonds is 6. The van der Waals surface area contributed by atoms with Crippen LogP contribution in [0.5, 0.6) is 0 Å². The van der Waals surface area contributed by atoms with E-state index in [1.807, 2.05) is 19.2 Å². The highest BCUT2D eigenvalue weighted by atomic mass is 16.4. The van der Waals surface area contributed by atoms with E-state index in [4.69, 9.17) is 9.40 Å². The monoisotopic (exact) mass is 356 g/mol. The Kier molecular flexibility index (Phi) is 5.32. The van der Waals surface area contributed by atoms with Crippen molar-refractivity contribution in [2.24, 2.45) is 5.92 Å². The summed E-state index contributed by atoms with van der Waals surface area (Å²) in [6, 6.07) is 2.43. The normalized spacial score (nSPS) is 23.3. The minimum absolute atomic E-state index is 0.456. The van der Waals surface area contributed by atoms with Crippen LogP contribution in [0.15, 0.2) is 16.7 Å². The molecule has 1 N–H and O–H groups in total. The Morgan fingerprint density at radius 3 is 2.81 bits per heavy atom. The number of aryl methyl sites for hydroxylation is 1. The Morgan fingerprint density at radius 1 is 1.15 bits per heavy atom. The SMILES string of the molecule is CCc1nnc(C[C@@H]2CC[C@H](Nc3ccnc(N4CCCCC4)n3)C2)o1. The van der Waals surface area contributed by atoms with Gasteiger partial charge in [-0.3, -0.25) is 0 Å². The summed E-state index contributed by atoms with van der Waals surface area (Å²) in [5, 5.41) is 11.8. The van der Waals surface area contributed by atoms with Gasteiger partial charge in [0.25, 0.3) is 0 Å². The van der Waals surface area contributed by atoms with Gasteiger partial charge in [-0.2, -0.15) is 4.98 Å². The summed E-state index contributed by atoms with van der Waals surface area (Å²) >= 11 is 0. The molecule has 2 aromatic rings. The molecule has 140 valence electrons. The summed E-state index contributed by atoms with van der Waals surface area (Å²) in [6.45, 7) is 4.17. The zero-order valence-electron chi connectivity index (χ0n) is 15.5. The molecule has 4 rings (SSSR count). The molecule has 1 aliphatic carbocycles. The van der Waals surface area contributed by atoms with E-state index in [-0.39, 0.29) is 0 Å². The van der Waals surface area contributed by atoms with Crippen LogP contribution in [0, 0.1) is 5.92 Å². The number of anilines is 2. The molecular weight excluding hydrogens is 328 g/mol. The summed E-state index contributed by atoms with van der Waals surface area (Å²) in [5.74, 6) is 3.92. The average molecular weight is 356 g/mol. The molecule has 0 bridgehead atoms. The van der Waals surface area contributed by atoms with Crippen molar-refractivity contribution in [1.82, 2.24) is 20.2 Å². The van der Waals surface area contributed by atoms with Gasteiger partial charge in [-0.25, -0.2) is 4.98 Å². The second-order valence-corrected chi connectivity index (χ2v) is 7.46. The first-order chi connectivity index (χ1) is 12.8. The number of hydrogen-bond acceptors (Lipinski definition) is 7. The van der Waals surface area contributed by atoms with Gasteiger partial charge in [0.05, 0.1) is 0 Å². The molecule has 2 aliphatic rings. The first-order valence-electron chi connectivity index (χ1n) is 9.96. The van der Waals surface area contributed by atoms with Crippen LogP contribution < -0.4 is 10.2 Å². The predicted molar refractivity (Wildman–Crippen MR) is 100 cm³/mol. The first kappa shape index (κ1) is 17.2. The van der Waals surface area contributed by atoms with E-state index in [0.29, 0.717) is 12.0 Å². The molecule has 2 fully saturated rings. The zero-order valence-corrected chi connectivity index (χ0v) is 15.5. The third kappa shape index (κ3) is 4.14.